The normalized spacial score (nSPS) is 15.5. The molecule has 0 unspecified atom stereocenters. The van der Waals surface area contributed by atoms with E-state index in [9.17, 15) is 13.2 Å². The Labute approximate surface area is 165 Å². The predicted octanol–water partition coefficient (Wildman–Crippen LogP) is 2.44. The van der Waals surface area contributed by atoms with Gasteiger partial charge >= 0.3 is 0 Å². The second-order valence-electron chi connectivity index (χ2n) is 7.18. The SMILES string of the molecule is COc1ccc(CNS(=O)(=O)c2ccc3c(c2)C(C)(C)C(=O)N3C)cc1OC. The number of ether oxygens (including phenoxy) is 2. The van der Waals surface area contributed by atoms with E-state index in [0.717, 1.165) is 11.3 Å². The molecule has 2 aromatic carbocycles. The molecular weight excluding hydrogens is 380 g/mol. The highest BCUT2D eigenvalue weighted by molar-refractivity contribution is 7.89. The number of likely N-dealkylation sites (N-methyl/N-ethyl adjacent to an activating group) is 1. The standard InChI is InChI=1S/C20H24N2O5S/c1-20(2)15-11-14(7-8-16(15)22(3)19(20)23)28(24,25)21-12-13-6-9-17(26-4)18(10-13)27-5/h6-11,21H,12H2,1-5H3. The minimum absolute atomic E-state index is 0.0599. The van der Waals surface area contributed by atoms with Crippen molar-refractivity contribution < 1.29 is 22.7 Å². The lowest BCUT2D eigenvalue weighted by Crippen LogP contribution is -2.33. The van der Waals surface area contributed by atoms with Crippen LogP contribution in [0.15, 0.2) is 41.3 Å². The van der Waals surface area contributed by atoms with Crippen LogP contribution in [0.3, 0.4) is 0 Å². The van der Waals surface area contributed by atoms with Crippen LogP contribution in [0.5, 0.6) is 11.5 Å². The van der Waals surface area contributed by atoms with E-state index in [0.29, 0.717) is 17.1 Å². The number of nitrogens with one attached hydrogen (secondary N) is 1. The third-order valence-corrected chi connectivity index (χ3v) is 6.47. The first-order valence-electron chi connectivity index (χ1n) is 8.75. The Hall–Kier alpha value is -2.58. The van der Waals surface area contributed by atoms with Crippen LogP contribution in [0.2, 0.25) is 0 Å². The molecule has 0 saturated heterocycles. The first kappa shape index (κ1) is 20.2. The Morgan fingerprint density at radius 1 is 1.04 bits per heavy atom. The Balaban J connectivity index is 1.85. The third kappa shape index (κ3) is 3.33. The molecule has 1 amide bonds. The highest BCUT2D eigenvalue weighted by Crippen LogP contribution is 2.41. The van der Waals surface area contributed by atoms with Crippen molar-refractivity contribution in [2.45, 2.75) is 30.7 Å². The molecule has 3 rings (SSSR count). The van der Waals surface area contributed by atoms with Crippen LogP contribution in [0.25, 0.3) is 0 Å². The summed E-state index contributed by atoms with van der Waals surface area (Å²) in [5, 5.41) is 0. The fourth-order valence-corrected chi connectivity index (χ4v) is 4.42. The molecule has 2 aromatic rings. The van der Waals surface area contributed by atoms with Crippen LogP contribution in [0.4, 0.5) is 5.69 Å². The number of sulfonamides is 1. The fourth-order valence-electron chi connectivity index (χ4n) is 3.37. The van der Waals surface area contributed by atoms with E-state index in [2.05, 4.69) is 4.72 Å². The van der Waals surface area contributed by atoms with Crippen molar-refractivity contribution in [1.82, 2.24) is 4.72 Å². The van der Waals surface area contributed by atoms with Crippen LogP contribution in [0.1, 0.15) is 25.0 Å². The molecule has 0 aliphatic carbocycles. The van der Waals surface area contributed by atoms with Crippen molar-refractivity contribution in [2.75, 3.05) is 26.2 Å². The summed E-state index contributed by atoms with van der Waals surface area (Å²) in [5.74, 6) is 1.04. The topological polar surface area (TPSA) is 84.9 Å². The monoisotopic (exact) mass is 404 g/mol. The van der Waals surface area contributed by atoms with Gasteiger partial charge in [-0.25, -0.2) is 13.1 Å². The van der Waals surface area contributed by atoms with Crippen molar-refractivity contribution in [3.8, 4) is 11.5 Å². The van der Waals surface area contributed by atoms with Gasteiger partial charge in [-0.3, -0.25) is 4.79 Å². The van der Waals surface area contributed by atoms with E-state index in [1.807, 2.05) is 0 Å². The number of hydrogen-bond acceptors (Lipinski definition) is 5. The van der Waals surface area contributed by atoms with E-state index >= 15 is 0 Å². The summed E-state index contributed by atoms with van der Waals surface area (Å²) in [7, 11) is 1.01. The molecule has 0 saturated carbocycles. The Bertz CT molecular complexity index is 1030. The van der Waals surface area contributed by atoms with E-state index < -0.39 is 15.4 Å². The van der Waals surface area contributed by atoms with Crippen molar-refractivity contribution in [1.29, 1.82) is 0 Å². The molecule has 150 valence electrons. The summed E-state index contributed by atoms with van der Waals surface area (Å²) in [6.07, 6.45) is 0. The number of benzene rings is 2. The molecule has 0 aromatic heterocycles. The minimum atomic E-state index is -3.75. The third-order valence-electron chi connectivity index (χ3n) is 5.07. The highest BCUT2D eigenvalue weighted by Gasteiger charge is 2.42. The quantitative estimate of drug-likeness (QED) is 0.799. The first-order valence-corrected chi connectivity index (χ1v) is 10.2. The molecule has 7 nitrogen and oxygen atoms in total. The molecule has 8 heteroatoms. The molecule has 1 aliphatic heterocycles. The molecule has 0 radical (unpaired) electrons. The van der Waals surface area contributed by atoms with Gasteiger partial charge < -0.3 is 14.4 Å². The van der Waals surface area contributed by atoms with E-state index in [-0.39, 0.29) is 17.3 Å². The summed E-state index contributed by atoms with van der Waals surface area (Å²) in [5.41, 5.74) is 1.40. The van der Waals surface area contributed by atoms with Crippen LogP contribution in [-0.2, 0) is 26.8 Å². The van der Waals surface area contributed by atoms with E-state index in [1.165, 1.54) is 20.3 Å². The highest BCUT2D eigenvalue weighted by atomic mass is 32.2. The molecule has 0 fully saturated rings. The van der Waals surface area contributed by atoms with Gasteiger partial charge in [0.15, 0.2) is 11.5 Å². The molecule has 1 N–H and O–H groups in total. The van der Waals surface area contributed by atoms with Gasteiger partial charge in [0.2, 0.25) is 15.9 Å². The summed E-state index contributed by atoms with van der Waals surface area (Å²) in [6, 6.07) is 9.98. The average Bonchev–Trinajstić information content (AvgIpc) is 2.86. The number of nitrogens with zero attached hydrogens (tertiary/aromatic N) is 1. The number of fused-ring (bicyclic) bond motifs is 1. The van der Waals surface area contributed by atoms with Gasteiger partial charge in [0.1, 0.15) is 0 Å². The molecule has 28 heavy (non-hydrogen) atoms. The zero-order valence-corrected chi connectivity index (χ0v) is 17.4. The number of rotatable bonds is 6. The summed E-state index contributed by atoms with van der Waals surface area (Å²) in [6.45, 7) is 3.69. The Morgan fingerprint density at radius 2 is 1.71 bits per heavy atom. The first-order chi connectivity index (χ1) is 13.1. The van der Waals surface area contributed by atoms with Gasteiger partial charge in [0.05, 0.1) is 24.5 Å². The zero-order chi connectivity index (χ0) is 20.7. The lowest BCUT2D eigenvalue weighted by atomic mass is 9.86. The number of hydrogen-bond donors (Lipinski definition) is 1. The Morgan fingerprint density at radius 3 is 2.36 bits per heavy atom. The average molecular weight is 404 g/mol. The summed E-state index contributed by atoms with van der Waals surface area (Å²) in [4.78, 5) is 14.1. The molecule has 0 spiro atoms. The maximum atomic E-state index is 12.8. The lowest BCUT2D eigenvalue weighted by Gasteiger charge is -2.17. The van der Waals surface area contributed by atoms with Crippen LogP contribution in [-0.4, -0.2) is 35.6 Å². The number of methoxy groups -OCH3 is 2. The lowest BCUT2D eigenvalue weighted by molar-refractivity contribution is -0.121. The van der Waals surface area contributed by atoms with Crippen molar-refractivity contribution in [3.63, 3.8) is 0 Å². The Kier molecular flexibility index (Phi) is 5.12. The van der Waals surface area contributed by atoms with Gasteiger partial charge in [-0.05, 0) is 55.3 Å². The second kappa shape index (κ2) is 7.10. The van der Waals surface area contributed by atoms with Crippen LogP contribution in [0, 0.1) is 0 Å². The minimum Gasteiger partial charge on any atom is -0.493 e. The van der Waals surface area contributed by atoms with Gasteiger partial charge in [-0.1, -0.05) is 6.07 Å². The van der Waals surface area contributed by atoms with Crippen molar-refractivity contribution in [2.24, 2.45) is 0 Å². The molecule has 0 atom stereocenters. The molecule has 0 bridgehead atoms. The number of amides is 1. The van der Waals surface area contributed by atoms with E-state index in [4.69, 9.17) is 9.47 Å². The molecular formula is C20H24N2O5S. The molecule has 1 aliphatic rings. The van der Waals surface area contributed by atoms with Gasteiger partial charge in [0, 0.05) is 19.3 Å². The largest absolute Gasteiger partial charge is 0.493 e. The second-order valence-corrected chi connectivity index (χ2v) is 8.95. The zero-order valence-electron chi connectivity index (χ0n) is 16.6. The number of carbonyl (C=O) groups excluding carboxylic acids is 1. The maximum Gasteiger partial charge on any atom is 0.240 e. The molecule has 1 heterocycles. The fraction of sp³-hybridized carbons (Fsp3) is 0.350. The van der Waals surface area contributed by atoms with Crippen LogP contribution >= 0.6 is 0 Å². The van der Waals surface area contributed by atoms with Gasteiger partial charge in [-0.2, -0.15) is 0 Å². The smallest absolute Gasteiger partial charge is 0.240 e. The summed E-state index contributed by atoms with van der Waals surface area (Å²) >= 11 is 0. The number of anilines is 1. The van der Waals surface area contributed by atoms with E-state index in [1.54, 1.807) is 56.1 Å². The van der Waals surface area contributed by atoms with Crippen LogP contribution < -0.4 is 19.1 Å². The van der Waals surface area contributed by atoms with Gasteiger partial charge in [0.25, 0.3) is 0 Å². The summed E-state index contributed by atoms with van der Waals surface area (Å²) < 4.78 is 38.6. The number of carbonyl (C=O) groups is 1. The van der Waals surface area contributed by atoms with Crippen molar-refractivity contribution >= 4 is 21.6 Å². The maximum absolute atomic E-state index is 12.8. The van der Waals surface area contributed by atoms with Gasteiger partial charge in [-0.15, -0.1) is 0 Å². The van der Waals surface area contributed by atoms with Crippen molar-refractivity contribution in [3.05, 3.63) is 47.5 Å². The predicted molar refractivity (Wildman–Crippen MR) is 106 cm³/mol.